The summed E-state index contributed by atoms with van der Waals surface area (Å²) >= 11 is 5.20. The lowest BCUT2D eigenvalue weighted by Crippen LogP contribution is -2.24. The monoisotopic (exact) mass is 308 g/mol. The van der Waals surface area contributed by atoms with Gasteiger partial charge in [-0.1, -0.05) is 29.8 Å². The minimum absolute atomic E-state index is 0.428. The van der Waals surface area contributed by atoms with Crippen LogP contribution in [0.5, 0.6) is 0 Å². The predicted molar refractivity (Wildman–Crippen MR) is 94.0 cm³/mol. The number of thiocarbonyl (C=S) groups is 1. The first-order valence-electron chi connectivity index (χ1n) is 6.76. The molecule has 0 aromatic heterocycles. The number of nitrogens with zero attached hydrogens (tertiary/aromatic N) is 2. The molecule has 2 aromatic carbocycles. The van der Waals surface area contributed by atoms with Crippen LogP contribution < -0.4 is 10.7 Å². The van der Waals surface area contributed by atoms with Gasteiger partial charge in [0.25, 0.3) is 0 Å². The van der Waals surface area contributed by atoms with Crippen LogP contribution in [-0.4, -0.2) is 11.3 Å². The number of rotatable bonds is 3. The standard InChI is InChI=1S/C17H16N4S/c1-12-3-8-16(13(2)9-12)20-17(22)21-19-11-15-6-4-14(10-18)5-7-15/h3-9,11H,1-2H3,(H2,20,21,22). The molecule has 22 heavy (non-hydrogen) atoms. The molecule has 0 bridgehead atoms. The fourth-order valence-corrected chi connectivity index (χ4v) is 2.08. The predicted octanol–water partition coefficient (Wildman–Crippen LogP) is 3.50. The van der Waals surface area contributed by atoms with E-state index in [1.807, 2.05) is 31.2 Å². The number of nitriles is 1. The van der Waals surface area contributed by atoms with Gasteiger partial charge in [0.15, 0.2) is 5.11 Å². The Hall–Kier alpha value is -2.71. The zero-order chi connectivity index (χ0) is 15.9. The highest BCUT2D eigenvalue weighted by Crippen LogP contribution is 2.15. The Kier molecular flexibility index (Phi) is 5.23. The highest BCUT2D eigenvalue weighted by atomic mass is 32.1. The van der Waals surface area contributed by atoms with Crippen molar-refractivity contribution >= 4 is 29.2 Å². The van der Waals surface area contributed by atoms with E-state index in [1.165, 1.54) is 5.56 Å². The molecule has 0 atom stereocenters. The van der Waals surface area contributed by atoms with Crippen LogP contribution in [0.25, 0.3) is 0 Å². The van der Waals surface area contributed by atoms with Crippen molar-refractivity contribution in [2.24, 2.45) is 5.10 Å². The number of nitrogens with one attached hydrogen (secondary N) is 2. The molecule has 2 N–H and O–H groups in total. The highest BCUT2D eigenvalue weighted by molar-refractivity contribution is 7.80. The van der Waals surface area contributed by atoms with Gasteiger partial charge in [0.05, 0.1) is 17.8 Å². The smallest absolute Gasteiger partial charge is 0.191 e. The second kappa shape index (κ2) is 7.34. The second-order valence-electron chi connectivity index (χ2n) is 4.88. The molecule has 0 fully saturated rings. The molecule has 2 rings (SSSR count). The molecular weight excluding hydrogens is 292 g/mol. The quantitative estimate of drug-likeness (QED) is 0.517. The van der Waals surface area contributed by atoms with E-state index in [2.05, 4.69) is 34.9 Å². The highest BCUT2D eigenvalue weighted by Gasteiger charge is 2.00. The summed E-state index contributed by atoms with van der Waals surface area (Å²) < 4.78 is 0. The number of hydrogen-bond acceptors (Lipinski definition) is 3. The Morgan fingerprint density at radius 3 is 2.55 bits per heavy atom. The fraction of sp³-hybridized carbons (Fsp3) is 0.118. The number of hydrazone groups is 1. The Bertz CT molecular complexity index is 742. The molecule has 0 unspecified atom stereocenters. The molecule has 4 nitrogen and oxygen atoms in total. The van der Waals surface area contributed by atoms with E-state index in [1.54, 1.807) is 18.3 Å². The van der Waals surface area contributed by atoms with E-state index < -0.39 is 0 Å². The summed E-state index contributed by atoms with van der Waals surface area (Å²) in [7, 11) is 0. The van der Waals surface area contributed by atoms with Crippen LogP contribution >= 0.6 is 12.2 Å². The summed E-state index contributed by atoms with van der Waals surface area (Å²) in [5.41, 5.74) is 7.58. The van der Waals surface area contributed by atoms with Crippen molar-refractivity contribution in [1.82, 2.24) is 5.43 Å². The molecule has 0 saturated carbocycles. The summed E-state index contributed by atoms with van der Waals surface area (Å²) in [6.45, 7) is 4.08. The third-order valence-electron chi connectivity index (χ3n) is 3.05. The topological polar surface area (TPSA) is 60.2 Å². The molecule has 0 saturated heterocycles. The van der Waals surface area contributed by atoms with Gasteiger partial charge in [-0.2, -0.15) is 10.4 Å². The van der Waals surface area contributed by atoms with E-state index in [0.717, 1.165) is 16.8 Å². The zero-order valence-corrected chi connectivity index (χ0v) is 13.2. The van der Waals surface area contributed by atoms with Gasteiger partial charge in [0.2, 0.25) is 0 Å². The summed E-state index contributed by atoms with van der Waals surface area (Å²) in [6, 6.07) is 15.3. The third kappa shape index (κ3) is 4.40. The van der Waals surface area contributed by atoms with Crippen LogP contribution in [0.15, 0.2) is 47.6 Å². The Morgan fingerprint density at radius 1 is 1.18 bits per heavy atom. The van der Waals surface area contributed by atoms with Gasteiger partial charge in [-0.3, -0.25) is 5.43 Å². The molecule has 0 aliphatic heterocycles. The molecule has 0 aliphatic carbocycles. The van der Waals surface area contributed by atoms with Crippen molar-refractivity contribution in [3.63, 3.8) is 0 Å². The summed E-state index contributed by atoms with van der Waals surface area (Å²) in [5.74, 6) is 0. The SMILES string of the molecule is Cc1ccc(NC(=S)NN=Cc2ccc(C#N)cc2)c(C)c1. The van der Waals surface area contributed by atoms with E-state index in [4.69, 9.17) is 17.5 Å². The van der Waals surface area contributed by atoms with Crippen molar-refractivity contribution in [2.45, 2.75) is 13.8 Å². The molecule has 0 heterocycles. The maximum Gasteiger partial charge on any atom is 0.191 e. The molecule has 5 heteroatoms. The minimum Gasteiger partial charge on any atom is -0.331 e. The first-order chi connectivity index (χ1) is 10.6. The third-order valence-corrected chi connectivity index (χ3v) is 3.24. The first kappa shape index (κ1) is 15.7. The van der Waals surface area contributed by atoms with Crippen molar-refractivity contribution < 1.29 is 0 Å². The average molecular weight is 308 g/mol. The van der Waals surface area contributed by atoms with Crippen LogP contribution in [0.3, 0.4) is 0 Å². The van der Waals surface area contributed by atoms with Crippen molar-refractivity contribution in [2.75, 3.05) is 5.32 Å². The van der Waals surface area contributed by atoms with Gasteiger partial charge in [-0.15, -0.1) is 0 Å². The molecular formula is C17H16N4S. The molecule has 110 valence electrons. The Morgan fingerprint density at radius 2 is 1.91 bits per heavy atom. The van der Waals surface area contributed by atoms with E-state index >= 15 is 0 Å². The lowest BCUT2D eigenvalue weighted by Gasteiger charge is -2.10. The molecule has 0 aliphatic rings. The average Bonchev–Trinajstić information content (AvgIpc) is 2.51. The van der Waals surface area contributed by atoms with Crippen LogP contribution in [0.4, 0.5) is 5.69 Å². The first-order valence-corrected chi connectivity index (χ1v) is 7.17. The number of aryl methyl sites for hydroxylation is 2. The van der Waals surface area contributed by atoms with Gasteiger partial charge in [0, 0.05) is 5.69 Å². The van der Waals surface area contributed by atoms with Crippen LogP contribution in [0.1, 0.15) is 22.3 Å². The van der Waals surface area contributed by atoms with E-state index in [9.17, 15) is 0 Å². The van der Waals surface area contributed by atoms with Gasteiger partial charge >= 0.3 is 0 Å². The Balaban J connectivity index is 1.91. The molecule has 0 radical (unpaired) electrons. The largest absolute Gasteiger partial charge is 0.331 e. The van der Waals surface area contributed by atoms with Gasteiger partial charge in [0.1, 0.15) is 0 Å². The zero-order valence-electron chi connectivity index (χ0n) is 12.4. The lowest BCUT2D eigenvalue weighted by molar-refractivity contribution is 1.05. The molecule has 0 amide bonds. The normalized spacial score (nSPS) is 10.2. The molecule has 2 aromatic rings. The maximum absolute atomic E-state index is 8.74. The van der Waals surface area contributed by atoms with Gasteiger partial charge in [-0.05, 0) is 55.4 Å². The number of anilines is 1. The Labute approximate surface area is 135 Å². The van der Waals surface area contributed by atoms with Gasteiger partial charge < -0.3 is 5.32 Å². The fourth-order valence-electron chi connectivity index (χ4n) is 1.91. The molecule has 0 spiro atoms. The van der Waals surface area contributed by atoms with Gasteiger partial charge in [-0.25, -0.2) is 0 Å². The van der Waals surface area contributed by atoms with Crippen LogP contribution in [0, 0.1) is 25.2 Å². The van der Waals surface area contributed by atoms with E-state index in [0.29, 0.717) is 10.7 Å². The second-order valence-corrected chi connectivity index (χ2v) is 5.28. The lowest BCUT2D eigenvalue weighted by atomic mass is 10.1. The van der Waals surface area contributed by atoms with Crippen molar-refractivity contribution in [1.29, 1.82) is 5.26 Å². The summed E-state index contributed by atoms with van der Waals surface area (Å²) in [5, 5.41) is 16.3. The van der Waals surface area contributed by atoms with Crippen LogP contribution in [-0.2, 0) is 0 Å². The number of benzene rings is 2. The summed E-state index contributed by atoms with van der Waals surface area (Å²) in [4.78, 5) is 0. The van der Waals surface area contributed by atoms with Crippen molar-refractivity contribution in [3.8, 4) is 6.07 Å². The van der Waals surface area contributed by atoms with Crippen LogP contribution in [0.2, 0.25) is 0 Å². The van der Waals surface area contributed by atoms with Crippen molar-refractivity contribution in [3.05, 3.63) is 64.7 Å². The van der Waals surface area contributed by atoms with E-state index in [-0.39, 0.29) is 0 Å². The maximum atomic E-state index is 8.74. The number of hydrogen-bond donors (Lipinski definition) is 2. The minimum atomic E-state index is 0.428. The summed E-state index contributed by atoms with van der Waals surface area (Å²) in [6.07, 6.45) is 1.65.